The predicted molar refractivity (Wildman–Crippen MR) is 118 cm³/mol. The number of ether oxygens (including phenoxy) is 1. The van der Waals surface area contributed by atoms with Crippen LogP contribution in [-0.2, 0) is 32.0 Å². The van der Waals surface area contributed by atoms with Gasteiger partial charge in [-0.3, -0.25) is 14.4 Å². The number of fused-ring (bicyclic) bond motifs is 1. The van der Waals surface area contributed by atoms with Gasteiger partial charge in [0.2, 0.25) is 11.8 Å². The minimum absolute atomic E-state index is 0.107. The fraction of sp³-hybridized carbons (Fsp3) is 0.625. The quantitative estimate of drug-likeness (QED) is 0.367. The number of hydrogen-bond acceptors (Lipinski definition) is 6. The van der Waals surface area contributed by atoms with Crippen molar-refractivity contribution >= 4 is 17.6 Å². The van der Waals surface area contributed by atoms with Crippen LogP contribution in [0.4, 0.5) is 0 Å². The van der Waals surface area contributed by atoms with E-state index >= 15 is 0 Å². The number of hydrogen-bond donors (Lipinski definition) is 4. The Balaban J connectivity index is 1.56. The number of aryl methyl sites for hydroxylation is 1. The molecule has 1 unspecified atom stereocenters. The highest BCUT2D eigenvalue weighted by molar-refractivity contribution is 5.98. The molecule has 2 amide bonds. The Kier molecular flexibility index (Phi) is 8.03. The summed E-state index contributed by atoms with van der Waals surface area (Å²) in [4.78, 5) is 38.1. The van der Waals surface area contributed by atoms with Crippen molar-refractivity contribution in [3.8, 4) is 0 Å². The third-order valence-corrected chi connectivity index (χ3v) is 6.29. The largest absolute Gasteiger partial charge is 0.394 e. The maximum atomic E-state index is 12.8. The normalized spacial score (nSPS) is 23.7. The number of Topliss-reactive ketones (excluding diaryl/α,β-unsaturated/α-hetero) is 1. The second-order valence-electron chi connectivity index (χ2n) is 9.38. The first-order chi connectivity index (χ1) is 15.3. The molecule has 0 bridgehead atoms. The molecular formula is C24H34N2O6. The molecule has 2 aliphatic rings. The van der Waals surface area contributed by atoms with Gasteiger partial charge in [-0.2, -0.15) is 0 Å². The monoisotopic (exact) mass is 446 g/mol. The number of nitrogens with one attached hydrogen (secondary N) is 2. The third kappa shape index (κ3) is 5.94. The van der Waals surface area contributed by atoms with Gasteiger partial charge < -0.3 is 25.6 Å². The molecule has 1 aliphatic carbocycles. The summed E-state index contributed by atoms with van der Waals surface area (Å²) < 4.78 is 5.14. The van der Waals surface area contributed by atoms with Gasteiger partial charge in [0.05, 0.1) is 25.9 Å². The zero-order valence-electron chi connectivity index (χ0n) is 18.8. The molecule has 0 radical (unpaired) electrons. The first-order valence-electron chi connectivity index (χ1n) is 11.3. The number of carbonyl (C=O) groups excluding carboxylic acids is 3. The molecule has 1 aromatic rings. The standard InChI is InChI=1S/C24H34N2O6/c1-15(2)9-19(22(30)24(13-28)14-32-24)26-23(31)20(12-27)25-21(29)11-16-7-8-17-5-3-4-6-18(17)10-16/h3-6,15-16,19-20,27-28H,7-14H2,1-2H3,(H,25,29)(H,26,31)/t16?,19-,20-,24+/m0/s1. The summed E-state index contributed by atoms with van der Waals surface area (Å²) >= 11 is 0. The van der Waals surface area contributed by atoms with Crippen LogP contribution in [0.2, 0.25) is 0 Å². The highest BCUT2D eigenvalue weighted by Crippen LogP contribution is 2.30. The van der Waals surface area contributed by atoms with Gasteiger partial charge in [0.25, 0.3) is 0 Å². The Morgan fingerprint density at radius 3 is 2.41 bits per heavy atom. The van der Waals surface area contributed by atoms with E-state index in [1.54, 1.807) is 0 Å². The molecule has 0 aromatic heterocycles. The van der Waals surface area contributed by atoms with E-state index in [0.717, 1.165) is 19.3 Å². The molecule has 8 heteroatoms. The second kappa shape index (κ2) is 10.6. The van der Waals surface area contributed by atoms with E-state index in [1.165, 1.54) is 11.1 Å². The molecule has 1 aromatic carbocycles. The zero-order valence-corrected chi connectivity index (χ0v) is 18.8. The minimum atomic E-state index is -1.25. The van der Waals surface area contributed by atoms with Crippen molar-refractivity contribution in [2.75, 3.05) is 19.8 Å². The number of rotatable bonds is 11. The van der Waals surface area contributed by atoms with E-state index in [0.29, 0.717) is 6.42 Å². The van der Waals surface area contributed by atoms with Crippen LogP contribution in [0.3, 0.4) is 0 Å². The topological polar surface area (TPSA) is 128 Å². The van der Waals surface area contributed by atoms with E-state index in [2.05, 4.69) is 22.8 Å². The van der Waals surface area contributed by atoms with Crippen LogP contribution in [0.1, 0.15) is 44.2 Å². The summed E-state index contributed by atoms with van der Waals surface area (Å²) in [6.07, 6.45) is 3.27. The molecule has 0 saturated carbocycles. The maximum absolute atomic E-state index is 12.8. The Labute approximate surface area is 188 Å². The van der Waals surface area contributed by atoms with Gasteiger partial charge in [0, 0.05) is 6.42 Å². The molecule has 8 nitrogen and oxygen atoms in total. The SMILES string of the molecule is CC(C)C[C@H](NC(=O)[C@H](CO)NC(=O)CC1CCc2ccccc2C1)C(=O)[C@@]1(CO)CO1. The van der Waals surface area contributed by atoms with E-state index in [4.69, 9.17) is 4.74 Å². The molecule has 4 N–H and O–H groups in total. The highest BCUT2D eigenvalue weighted by atomic mass is 16.6. The number of benzene rings is 1. The Morgan fingerprint density at radius 2 is 1.81 bits per heavy atom. The van der Waals surface area contributed by atoms with E-state index in [1.807, 2.05) is 26.0 Å². The highest BCUT2D eigenvalue weighted by Gasteiger charge is 2.54. The van der Waals surface area contributed by atoms with Crippen molar-refractivity contribution in [2.24, 2.45) is 11.8 Å². The minimum Gasteiger partial charge on any atom is -0.394 e. The van der Waals surface area contributed by atoms with Crippen molar-refractivity contribution in [3.63, 3.8) is 0 Å². The van der Waals surface area contributed by atoms with Crippen LogP contribution in [-0.4, -0.2) is 65.3 Å². The summed E-state index contributed by atoms with van der Waals surface area (Å²) in [5, 5.41) is 24.4. The molecule has 4 atom stereocenters. The van der Waals surface area contributed by atoms with E-state index < -0.39 is 36.8 Å². The third-order valence-electron chi connectivity index (χ3n) is 6.29. The summed E-state index contributed by atoms with van der Waals surface area (Å²) in [5.41, 5.74) is 1.32. The number of epoxide rings is 1. The van der Waals surface area contributed by atoms with Crippen LogP contribution >= 0.6 is 0 Å². The van der Waals surface area contributed by atoms with Gasteiger partial charge in [0.1, 0.15) is 6.04 Å². The molecule has 0 spiro atoms. The van der Waals surface area contributed by atoms with Crippen molar-refractivity contribution in [1.29, 1.82) is 0 Å². The number of amides is 2. The first kappa shape index (κ1) is 24.4. The molecule has 1 aliphatic heterocycles. The van der Waals surface area contributed by atoms with Gasteiger partial charge >= 0.3 is 0 Å². The van der Waals surface area contributed by atoms with Crippen molar-refractivity contribution < 1.29 is 29.3 Å². The number of ketones is 1. The van der Waals surface area contributed by atoms with Crippen molar-refractivity contribution in [2.45, 2.75) is 63.6 Å². The van der Waals surface area contributed by atoms with E-state index in [9.17, 15) is 24.6 Å². The summed E-state index contributed by atoms with van der Waals surface area (Å²) in [7, 11) is 0. The lowest BCUT2D eigenvalue weighted by molar-refractivity contribution is -0.135. The van der Waals surface area contributed by atoms with Crippen molar-refractivity contribution in [3.05, 3.63) is 35.4 Å². The van der Waals surface area contributed by atoms with Crippen LogP contribution in [0, 0.1) is 11.8 Å². The van der Waals surface area contributed by atoms with Gasteiger partial charge in [-0.25, -0.2) is 0 Å². The molecular weight excluding hydrogens is 412 g/mol. The fourth-order valence-electron chi connectivity index (χ4n) is 4.35. The van der Waals surface area contributed by atoms with Crippen LogP contribution < -0.4 is 10.6 Å². The van der Waals surface area contributed by atoms with E-state index in [-0.39, 0.29) is 36.6 Å². The lowest BCUT2D eigenvalue weighted by Gasteiger charge is -2.26. The maximum Gasteiger partial charge on any atom is 0.245 e. The predicted octanol–water partition coefficient (Wildman–Crippen LogP) is 0.520. The summed E-state index contributed by atoms with van der Waals surface area (Å²) in [6, 6.07) is 6.20. The lowest BCUT2D eigenvalue weighted by Crippen LogP contribution is -2.55. The Bertz CT molecular complexity index is 836. The van der Waals surface area contributed by atoms with Crippen molar-refractivity contribution in [1.82, 2.24) is 10.6 Å². The first-order valence-corrected chi connectivity index (χ1v) is 11.3. The number of carbonyl (C=O) groups is 3. The number of aliphatic hydroxyl groups is 2. The van der Waals surface area contributed by atoms with Gasteiger partial charge in [-0.05, 0) is 48.6 Å². The van der Waals surface area contributed by atoms with Crippen LogP contribution in [0.15, 0.2) is 24.3 Å². The van der Waals surface area contributed by atoms with Gasteiger partial charge in [-0.1, -0.05) is 38.1 Å². The molecule has 1 heterocycles. The van der Waals surface area contributed by atoms with Gasteiger partial charge in [-0.15, -0.1) is 0 Å². The van der Waals surface area contributed by atoms with Crippen LogP contribution in [0.5, 0.6) is 0 Å². The molecule has 3 rings (SSSR count). The Hall–Kier alpha value is -2.29. The average molecular weight is 447 g/mol. The smallest absolute Gasteiger partial charge is 0.245 e. The Morgan fingerprint density at radius 1 is 1.12 bits per heavy atom. The fourth-order valence-corrected chi connectivity index (χ4v) is 4.35. The van der Waals surface area contributed by atoms with Gasteiger partial charge in [0.15, 0.2) is 11.4 Å². The summed E-state index contributed by atoms with van der Waals surface area (Å²) in [6.45, 7) is 2.94. The van der Waals surface area contributed by atoms with Crippen LogP contribution in [0.25, 0.3) is 0 Å². The molecule has 176 valence electrons. The zero-order chi connectivity index (χ0) is 23.3. The lowest BCUT2D eigenvalue weighted by atomic mass is 9.82. The molecule has 1 saturated heterocycles. The average Bonchev–Trinajstić information content (AvgIpc) is 3.57. The second-order valence-corrected chi connectivity index (χ2v) is 9.38. The number of aliphatic hydroxyl groups excluding tert-OH is 2. The summed E-state index contributed by atoms with van der Waals surface area (Å²) in [5.74, 6) is -1.02. The molecule has 1 fully saturated rings. The molecule has 32 heavy (non-hydrogen) atoms.